The number of hydrogen-bond acceptors (Lipinski definition) is 2. The van der Waals surface area contributed by atoms with E-state index in [4.69, 9.17) is 0 Å². The predicted octanol–water partition coefficient (Wildman–Crippen LogP) is 5.91. The summed E-state index contributed by atoms with van der Waals surface area (Å²) >= 11 is 0. The van der Waals surface area contributed by atoms with Crippen molar-refractivity contribution in [2.45, 2.75) is 65.2 Å². The summed E-state index contributed by atoms with van der Waals surface area (Å²) in [6.45, 7) is 4.72. The van der Waals surface area contributed by atoms with Gasteiger partial charge in [0.05, 0.1) is 0 Å². The number of hydrogen-bond donors (Lipinski definition) is 1. The van der Waals surface area contributed by atoms with Crippen LogP contribution in [0.2, 0.25) is 0 Å². The number of halogens is 1. The third-order valence-electron chi connectivity index (χ3n) is 9.37. The van der Waals surface area contributed by atoms with Crippen molar-refractivity contribution in [2.24, 2.45) is 34.5 Å². The molecule has 1 amide bonds. The van der Waals surface area contributed by atoms with E-state index in [1.54, 1.807) is 12.1 Å². The average Bonchev–Trinajstić information content (AvgIpc) is 3.06. The first-order valence-electron chi connectivity index (χ1n) is 11.6. The standard InChI is InChI=1S/C26H32FNO2/c1-25-12-10-19(29)14-16(25)6-7-20-21-8-9-23(26(21,2)13-11-22(20)25)24(30)28-18-5-3-4-17(27)15-18/h3-5,14-15,20-23H,6-13H2,1-2H3,(H,28,30)/t20-,21-,22-,23?,25-,26-/m0/s1. The predicted molar refractivity (Wildman–Crippen MR) is 115 cm³/mol. The minimum Gasteiger partial charge on any atom is -0.326 e. The highest BCUT2D eigenvalue weighted by molar-refractivity contribution is 5.93. The maximum atomic E-state index is 13.5. The molecule has 0 aliphatic heterocycles. The van der Waals surface area contributed by atoms with Gasteiger partial charge in [-0.2, -0.15) is 0 Å². The summed E-state index contributed by atoms with van der Waals surface area (Å²) < 4.78 is 13.5. The van der Waals surface area contributed by atoms with Crippen LogP contribution < -0.4 is 5.32 Å². The summed E-state index contributed by atoms with van der Waals surface area (Å²) in [5.74, 6) is 1.86. The van der Waals surface area contributed by atoms with Crippen LogP contribution in [0.4, 0.5) is 10.1 Å². The summed E-state index contributed by atoms with van der Waals surface area (Å²) in [4.78, 5) is 25.2. The average molecular weight is 410 g/mol. The lowest BCUT2D eigenvalue weighted by Gasteiger charge is -2.58. The fraction of sp³-hybridized carbons (Fsp3) is 0.615. The smallest absolute Gasteiger partial charge is 0.228 e. The lowest BCUT2D eigenvalue weighted by Crippen LogP contribution is -2.51. The van der Waals surface area contributed by atoms with Crippen LogP contribution in [0, 0.1) is 40.3 Å². The molecule has 0 aromatic heterocycles. The van der Waals surface area contributed by atoms with Crippen LogP contribution in [0.1, 0.15) is 65.2 Å². The number of ketones is 1. The molecule has 3 fully saturated rings. The molecule has 3 saturated carbocycles. The van der Waals surface area contributed by atoms with Crippen molar-refractivity contribution < 1.29 is 14.0 Å². The zero-order valence-electron chi connectivity index (χ0n) is 18.0. The van der Waals surface area contributed by atoms with Gasteiger partial charge < -0.3 is 5.32 Å². The SMILES string of the molecule is C[C@]12CCC(=O)C=C1CC[C@@H]1[C@@H]2CC[C@]2(C)C(C(=O)Nc3cccc(F)c3)CC[C@@H]12. The van der Waals surface area contributed by atoms with Gasteiger partial charge in [0, 0.05) is 18.0 Å². The minimum atomic E-state index is -0.325. The number of nitrogens with one attached hydrogen (secondary N) is 1. The van der Waals surface area contributed by atoms with Gasteiger partial charge in [0.1, 0.15) is 5.82 Å². The van der Waals surface area contributed by atoms with Gasteiger partial charge in [-0.15, -0.1) is 0 Å². The van der Waals surface area contributed by atoms with Crippen LogP contribution in [0.15, 0.2) is 35.9 Å². The van der Waals surface area contributed by atoms with Crippen LogP contribution >= 0.6 is 0 Å². The number of benzene rings is 1. The minimum absolute atomic E-state index is 0.00982. The van der Waals surface area contributed by atoms with E-state index in [2.05, 4.69) is 19.2 Å². The highest BCUT2D eigenvalue weighted by Gasteiger charge is 2.60. The Morgan fingerprint density at radius 1 is 1.07 bits per heavy atom. The van der Waals surface area contributed by atoms with Gasteiger partial charge in [-0.3, -0.25) is 9.59 Å². The molecule has 0 heterocycles. The van der Waals surface area contributed by atoms with E-state index in [1.807, 2.05) is 6.08 Å². The molecule has 6 atom stereocenters. The number of fused-ring (bicyclic) bond motifs is 5. The number of allylic oxidation sites excluding steroid dienone is 1. The fourth-order valence-corrected chi connectivity index (χ4v) is 7.79. The largest absolute Gasteiger partial charge is 0.326 e. The third kappa shape index (κ3) is 2.98. The molecule has 4 aliphatic carbocycles. The van der Waals surface area contributed by atoms with Gasteiger partial charge in [-0.05, 0) is 97.8 Å². The van der Waals surface area contributed by atoms with Gasteiger partial charge in [-0.25, -0.2) is 4.39 Å². The molecule has 4 aliphatic rings. The summed E-state index contributed by atoms with van der Waals surface area (Å²) in [6.07, 6.45) is 10.1. The van der Waals surface area contributed by atoms with Crippen LogP contribution in [0.25, 0.3) is 0 Å². The number of rotatable bonds is 2. The Morgan fingerprint density at radius 2 is 1.90 bits per heavy atom. The maximum absolute atomic E-state index is 13.5. The van der Waals surface area contributed by atoms with Crippen LogP contribution in [0.5, 0.6) is 0 Å². The van der Waals surface area contributed by atoms with Crippen molar-refractivity contribution in [1.82, 2.24) is 0 Å². The highest BCUT2D eigenvalue weighted by Crippen LogP contribution is 2.66. The van der Waals surface area contributed by atoms with E-state index in [9.17, 15) is 14.0 Å². The first-order valence-corrected chi connectivity index (χ1v) is 11.6. The molecule has 30 heavy (non-hydrogen) atoms. The molecule has 0 spiro atoms. The van der Waals surface area contributed by atoms with E-state index in [0.29, 0.717) is 35.6 Å². The second-order valence-corrected chi connectivity index (χ2v) is 10.6. The van der Waals surface area contributed by atoms with Crippen LogP contribution in [-0.2, 0) is 9.59 Å². The molecule has 3 nitrogen and oxygen atoms in total. The summed E-state index contributed by atoms with van der Waals surface area (Å²) in [5, 5.41) is 2.99. The Bertz CT molecular complexity index is 923. The molecule has 1 aromatic carbocycles. The lowest BCUT2D eigenvalue weighted by molar-refractivity contribution is -0.127. The Hall–Kier alpha value is -1.97. The third-order valence-corrected chi connectivity index (χ3v) is 9.37. The van der Waals surface area contributed by atoms with Crippen molar-refractivity contribution in [1.29, 1.82) is 0 Å². The lowest BCUT2D eigenvalue weighted by atomic mass is 9.47. The second kappa shape index (κ2) is 7.03. The quantitative estimate of drug-likeness (QED) is 0.660. The summed E-state index contributed by atoms with van der Waals surface area (Å²) in [7, 11) is 0. The van der Waals surface area contributed by atoms with E-state index in [-0.39, 0.29) is 28.5 Å². The molecule has 0 saturated heterocycles. The molecule has 1 aromatic rings. The zero-order valence-corrected chi connectivity index (χ0v) is 18.0. The maximum Gasteiger partial charge on any atom is 0.228 e. The molecular weight excluding hydrogens is 377 g/mol. The molecule has 0 bridgehead atoms. The first-order chi connectivity index (χ1) is 14.3. The zero-order chi connectivity index (χ0) is 21.1. The summed E-state index contributed by atoms with van der Waals surface area (Å²) in [6, 6.07) is 6.18. The molecule has 160 valence electrons. The van der Waals surface area contributed by atoms with Gasteiger partial charge >= 0.3 is 0 Å². The van der Waals surface area contributed by atoms with E-state index in [0.717, 1.165) is 44.9 Å². The van der Waals surface area contributed by atoms with Crippen molar-refractivity contribution in [3.05, 3.63) is 41.7 Å². The Morgan fingerprint density at radius 3 is 2.70 bits per heavy atom. The topological polar surface area (TPSA) is 46.2 Å². The van der Waals surface area contributed by atoms with Gasteiger partial charge in [0.25, 0.3) is 0 Å². The van der Waals surface area contributed by atoms with Gasteiger partial charge in [0.2, 0.25) is 5.91 Å². The van der Waals surface area contributed by atoms with Crippen molar-refractivity contribution in [3.8, 4) is 0 Å². The van der Waals surface area contributed by atoms with Crippen molar-refractivity contribution in [2.75, 3.05) is 5.32 Å². The van der Waals surface area contributed by atoms with Crippen molar-refractivity contribution >= 4 is 17.4 Å². The van der Waals surface area contributed by atoms with Gasteiger partial charge in [-0.1, -0.05) is 25.5 Å². The molecule has 0 radical (unpaired) electrons. The number of amides is 1. The molecule has 4 heteroatoms. The van der Waals surface area contributed by atoms with Gasteiger partial charge in [0.15, 0.2) is 5.78 Å². The number of anilines is 1. The molecule has 1 N–H and O–H groups in total. The van der Waals surface area contributed by atoms with E-state index >= 15 is 0 Å². The summed E-state index contributed by atoms with van der Waals surface area (Å²) in [5.41, 5.74) is 2.12. The van der Waals surface area contributed by atoms with Crippen molar-refractivity contribution in [3.63, 3.8) is 0 Å². The molecular formula is C26H32FNO2. The number of carbonyl (C=O) groups is 2. The highest BCUT2D eigenvalue weighted by atomic mass is 19.1. The molecule has 1 unspecified atom stereocenters. The van der Waals surface area contributed by atoms with E-state index < -0.39 is 0 Å². The first kappa shape index (κ1) is 20.0. The fourth-order valence-electron chi connectivity index (χ4n) is 7.79. The number of carbonyl (C=O) groups excluding carboxylic acids is 2. The Labute approximate surface area is 178 Å². The second-order valence-electron chi connectivity index (χ2n) is 10.6. The monoisotopic (exact) mass is 409 g/mol. The van der Waals surface area contributed by atoms with Crippen LogP contribution in [0.3, 0.4) is 0 Å². The van der Waals surface area contributed by atoms with Crippen LogP contribution in [-0.4, -0.2) is 11.7 Å². The normalized spacial score (nSPS) is 40.1. The Kier molecular flexibility index (Phi) is 4.68. The Balaban J connectivity index is 1.37. The molecule has 5 rings (SSSR count). The van der Waals surface area contributed by atoms with E-state index in [1.165, 1.54) is 17.7 Å².